The first-order valence-corrected chi connectivity index (χ1v) is 6.25. The predicted molar refractivity (Wildman–Crippen MR) is 67.1 cm³/mol. The maximum atomic E-state index is 10.2. The number of aryl methyl sites for hydroxylation is 1. The van der Waals surface area contributed by atoms with Crippen molar-refractivity contribution in [3.05, 3.63) is 45.6 Å². The van der Waals surface area contributed by atoms with Crippen molar-refractivity contribution in [1.29, 1.82) is 0 Å². The first-order valence-electron chi connectivity index (χ1n) is 5.45. The van der Waals surface area contributed by atoms with Crippen LogP contribution in [0.4, 0.5) is 0 Å². The standard InChI is InChI=1S/C13H15BrO2/c1-9-5-6-10(14)8-11(9)13(15)12-4-2-3-7-16-12/h4-6,8,13,15H,2-3,7H2,1H3. The molecule has 0 amide bonds. The number of aliphatic hydroxyl groups is 1. The molecule has 0 saturated carbocycles. The lowest BCUT2D eigenvalue weighted by atomic mass is 10.0. The van der Waals surface area contributed by atoms with Crippen LogP contribution in [-0.2, 0) is 4.74 Å². The summed E-state index contributed by atoms with van der Waals surface area (Å²) in [5.41, 5.74) is 1.98. The number of hydrogen-bond donors (Lipinski definition) is 1. The Bertz CT molecular complexity index is 412. The maximum Gasteiger partial charge on any atom is 0.136 e. The molecule has 0 radical (unpaired) electrons. The van der Waals surface area contributed by atoms with Crippen LogP contribution in [0.2, 0.25) is 0 Å². The van der Waals surface area contributed by atoms with Gasteiger partial charge in [-0.1, -0.05) is 22.0 Å². The number of ether oxygens (including phenoxy) is 1. The molecule has 1 aromatic carbocycles. The van der Waals surface area contributed by atoms with Gasteiger partial charge in [0.05, 0.1) is 6.61 Å². The summed E-state index contributed by atoms with van der Waals surface area (Å²) in [6.45, 7) is 2.70. The lowest BCUT2D eigenvalue weighted by Crippen LogP contribution is -2.10. The third-order valence-electron chi connectivity index (χ3n) is 2.77. The monoisotopic (exact) mass is 282 g/mol. The van der Waals surface area contributed by atoms with Gasteiger partial charge in [0, 0.05) is 4.47 Å². The van der Waals surface area contributed by atoms with Crippen molar-refractivity contribution < 1.29 is 9.84 Å². The molecule has 0 aliphatic carbocycles. The van der Waals surface area contributed by atoms with E-state index in [2.05, 4.69) is 15.9 Å². The van der Waals surface area contributed by atoms with E-state index in [1.807, 2.05) is 31.2 Å². The van der Waals surface area contributed by atoms with Gasteiger partial charge < -0.3 is 9.84 Å². The molecule has 16 heavy (non-hydrogen) atoms. The van der Waals surface area contributed by atoms with Crippen molar-refractivity contribution in [2.45, 2.75) is 25.9 Å². The molecule has 86 valence electrons. The molecule has 0 saturated heterocycles. The van der Waals surface area contributed by atoms with Crippen LogP contribution in [0, 0.1) is 6.92 Å². The fourth-order valence-corrected chi connectivity index (χ4v) is 2.21. The minimum absolute atomic E-state index is 0.641. The van der Waals surface area contributed by atoms with Crippen LogP contribution in [-0.4, -0.2) is 11.7 Å². The second kappa shape index (κ2) is 5.02. The van der Waals surface area contributed by atoms with Gasteiger partial charge >= 0.3 is 0 Å². The Kier molecular flexibility index (Phi) is 3.66. The van der Waals surface area contributed by atoms with Gasteiger partial charge in [-0.15, -0.1) is 0 Å². The average Bonchev–Trinajstić information content (AvgIpc) is 2.32. The van der Waals surface area contributed by atoms with Crippen molar-refractivity contribution in [2.24, 2.45) is 0 Å². The van der Waals surface area contributed by atoms with E-state index in [9.17, 15) is 5.11 Å². The van der Waals surface area contributed by atoms with Crippen LogP contribution in [0.3, 0.4) is 0 Å². The lowest BCUT2D eigenvalue weighted by Gasteiger charge is -2.21. The molecular weight excluding hydrogens is 268 g/mol. The van der Waals surface area contributed by atoms with E-state index in [1.165, 1.54) is 0 Å². The Balaban J connectivity index is 2.29. The fraction of sp³-hybridized carbons (Fsp3) is 0.385. The molecule has 0 aromatic heterocycles. The highest BCUT2D eigenvalue weighted by molar-refractivity contribution is 9.10. The van der Waals surface area contributed by atoms with Crippen molar-refractivity contribution in [1.82, 2.24) is 0 Å². The van der Waals surface area contributed by atoms with Crippen molar-refractivity contribution in [3.8, 4) is 0 Å². The predicted octanol–water partition coefficient (Wildman–Crippen LogP) is 3.49. The molecule has 1 unspecified atom stereocenters. The average molecular weight is 283 g/mol. The highest BCUT2D eigenvalue weighted by atomic mass is 79.9. The van der Waals surface area contributed by atoms with Crippen LogP contribution in [0.25, 0.3) is 0 Å². The van der Waals surface area contributed by atoms with Crippen LogP contribution < -0.4 is 0 Å². The van der Waals surface area contributed by atoms with Crippen molar-refractivity contribution in [2.75, 3.05) is 6.61 Å². The summed E-state index contributed by atoms with van der Waals surface area (Å²) < 4.78 is 6.46. The highest BCUT2D eigenvalue weighted by Gasteiger charge is 2.18. The first-order chi connectivity index (χ1) is 7.68. The second-order valence-corrected chi connectivity index (χ2v) is 4.92. The number of halogens is 1. The van der Waals surface area contributed by atoms with Crippen LogP contribution in [0.1, 0.15) is 30.1 Å². The van der Waals surface area contributed by atoms with Crippen LogP contribution in [0.5, 0.6) is 0 Å². The van der Waals surface area contributed by atoms with E-state index in [4.69, 9.17) is 4.74 Å². The number of aliphatic hydroxyl groups excluding tert-OH is 1. The first kappa shape index (κ1) is 11.7. The molecule has 0 spiro atoms. The molecule has 1 aliphatic heterocycles. The van der Waals surface area contributed by atoms with Gasteiger partial charge in [0.15, 0.2) is 0 Å². The normalized spacial score (nSPS) is 17.6. The molecule has 3 heteroatoms. The number of rotatable bonds is 2. The largest absolute Gasteiger partial charge is 0.495 e. The minimum atomic E-state index is -0.641. The summed E-state index contributed by atoms with van der Waals surface area (Å²) in [5.74, 6) is 0.687. The third kappa shape index (κ3) is 2.47. The molecule has 1 heterocycles. The molecule has 1 atom stereocenters. The molecule has 0 fully saturated rings. The van der Waals surface area contributed by atoms with Gasteiger partial charge in [-0.25, -0.2) is 0 Å². The molecule has 0 bridgehead atoms. The summed E-state index contributed by atoms with van der Waals surface area (Å²) in [6.07, 6.45) is 3.36. The van der Waals surface area contributed by atoms with Gasteiger partial charge in [0.1, 0.15) is 11.9 Å². The van der Waals surface area contributed by atoms with Gasteiger partial charge in [0.2, 0.25) is 0 Å². The Morgan fingerprint density at radius 1 is 1.44 bits per heavy atom. The smallest absolute Gasteiger partial charge is 0.136 e. The second-order valence-electron chi connectivity index (χ2n) is 4.00. The molecule has 1 aromatic rings. The van der Waals surface area contributed by atoms with Crippen molar-refractivity contribution >= 4 is 15.9 Å². The van der Waals surface area contributed by atoms with Crippen LogP contribution >= 0.6 is 15.9 Å². The van der Waals surface area contributed by atoms with Crippen LogP contribution in [0.15, 0.2) is 34.5 Å². The Morgan fingerprint density at radius 3 is 2.94 bits per heavy atom. The van der Waals surface area contributed by atoms with Gasteiger partial charge in [-0.05, 0) is 49.1 Å². The molecule has 2 rings (SSSR count). The summed E-state index contributed by atoms with van der Waals surface area (Å²) in [6, 6.07) is 5.91. The highest BCUT2D eigenvalue weighted by Crippen LogP contribution is 2.29. The quantitative estimate of drug-likeness (QED) is 0.900. The lowest BCUT2D eigenvalue weighted by molar-refractivity contribution is 0.0914. The SMILES string of the molecule is Cc1ccc(Br)cc1C(O)C1=CCCCO1. The van der Waals surface area contributed by atoms with E-state index in [1.54, 1.807) is 0 Å². The Hall–Kier alpha value is -0.800. The topological polar surface area (TPSA) is 29.5 Å². The van der Waals surface area contributed by atoms with Crippen molar-refractivity contribution in [3.63, 3.8) is 0 Å². The minimum Gasteiger partial charge on any atom is -0.495 e. The van der Waals surface area contributed by atoms with Gasteiger partial charge in [-0.3, -0.25) is 0 Å². The molecular formula is C13H15BrO2. The number of allylic oxidation sites excluding steroid dienone is 1. The third-order valence-corrected chi connectivity index (χ3v) is 3.26. The van der Waals surface area contributed by atoms with E-state index in [0.717, 1.165) is 28.4 Å². The summed E-state index contributed by atoms with van der Waals surface area (Å²) in [5, 5.41) is 10.2. The molecule has 1 aliphatic rings. The van der Waals surface area contributed by atoms with E-state index >= 15 is 0 Å². The summed E-state index contributed by atoms with van der Waals surface area (Å²) in [4.78, 5) is 0. The number of hydrogen-bond acceptors (Lipinski definition) is 2. The zero-order valence-corrected chi connectivity index (χ0v) is 10.8. The number of benzene rings is 1. The van der Waals surface area contributed by atoms with E-state index in [0.29, 0.717) is 12.4 Å². The van der Waals surface area contributed by atoms with E-state index < -0.39 is 6.10 Å². The summed E-state index contributed by atoms with van der Waals surface area (Å²) in [7, 11) is 0. The zero-order valence-electron chi connectivity index (χ0n) is 9.24. The maximum absolute atomic E-state index is 10.2. The fourth-order valence-electron chi connectivity index (χ4n) is 1.83. The molecule has 2 nitrogen and oxygen atoms in total. The van der Waals surface area contributed by atoms with Gasteiger partial charge in [0.25, 0.3) is 0 Å². The Morgan fingerprint density at radius 2 is 2.25 bits per heavy atom. The van der Waals surface area contributed by atoms with Gasteiger partial charge in [-0.2, -0.15) is 0 Å². The zero-order chi connectivity index (χ0) is 11.5. The summed E-state index contributed by atoms with van der Waals surface area (Å²) >= 11 is 3.42. The van der Waals surface area contributed by atoms with E-state index in [-0.39, 0.29) is 0 Å². The Labute approximate surface area is 104 Å². The molecule has 1 N–H and O–H groups in total.